The van der Waals surface area contributed by atoms with Crippen LogP contribution in [-0.2, 0) is 0 Å². The molecular formula is C16H20ClN3. The van der Waals surface area contributed by atoms with Crippen molar-refractivity contribution in [1.82, 2.24) is 9.88 Å². The molecule has 20 heavy (non-hydrogen) atoms. The van der Waals surface area contributed by atoms with Crippen LogP contribution in [0.4, 0.5) is 5.82 Å². The van der Waals surface area contributed by atoms with Crippen molar-refractivity contribution in [2.75, 3.05) is 31.5 Å². The molecule has 1 aliphatic heterocycles. The Morgan fingerprint density at radius 3 is 3.05 bits per heavy atom. The third kappa shape index (κ3) is 2.89. The van der Waals surface area contributed by atoms with Crippen molar-refractivity contribution in [3.63, 3.8) is 0 Å². The normalized spacial score (nSPS) is 19.6. The first-order valence-electron chi connectivity index (χ1n) is 7.27. The van der Waals surface area contributed by atoms with Crippen LogP contribution in [0.25, 0.3) is 10.9 Å². The summed E-state index contributed by atoms with van der Waals surface area (Å²) in [5.74, 6) is 1.64. The van der Waals surface area contributed by atoms with Gasteiger partial charge in [-0.1, -0.05) is 30.7 Å². The van der Waals surface area contributed by atoms with Gasteiger partial charge in [0.1, 0.15) is 5.82 Å². The van der Waals surface area contributed by atoms with Gasteiger partial charge in [-0.2, -0.15) is 0 Å². The van der Waals surface area contributed by atoms with E-state index in [0.29, 0.717) is 5.02 Å². The second kappa shape index (κ2) is 5.98. The minimum atomic E-state index is 0.712. The lowest BCUT2D eigenvalue weighted by molar-refractivity contribution is 0.345. The maximum atomic E-state index is 6.20. The number of halogens is 1. The number of para-hydroxylation sites is 1. The first-order valence-corrected chi connectivity index (χ1v) is 7.65. The summed E-state index contributed by atoms with van der Waals surface area (Å²) in [4.78, 5) is 7.12. The Morgan fingerprint density at radius 2 is 2.25 bits per heavy atom. The van der Waals surface area contributed by atoms with E-state index in [1.165, 1.54) is 19.5 Å². The van der Waals surface area contributed by atoms with Crippen molar-refractivity contribution in [2.24, 2.45) is 5.92 Å². The van der Waals surface area contributed by atoms with Gasteiger partial charge >= 0.3 is 0 Å². The number of pyridine rings is 1. The number of rotatable bonds is 4. The lowest BCUT2D eigenvalue weighted by Crippen LogP contribution is -2.22. The summed E-state index contributed by atoms with van der Waals surface area (Å²) in [5.41, 5.74) is 0.876. The Labute approximate surface area is 124 Å². The Morgan fingerprint density at radius 1 is 1.35 bits per heavy atom. The summed E-state index contributed by atoms with van der Waals surface area (Å²) in [7, 11) is 0. The molecule has 2 aromatic rings. The highest BCUT2D eigenvalue weighted by molar-refractivity contribution is 6.35. The molecule has 2 heterocycles. The number of hydrogen-bond acceptors (Lipinski definition) is 3. The molecule has 4 heteroatoms. The zero-order chi connectivity index (χ0) is 13.9. The molecule has 0 saturated carbocycles. The van der Waals surface area contributed by atoms with Crippen LogP contribution >= 0.6 is 11.6 Å². The third-order valence-electron chi connectivity index (χ3n) is 4.06. The van der Waals surface area contributed by atoms with Crippen LogP contribution in [0.15, 0.2) is 30.3 Å². The smallest absolute Gasteiger partial charge is 0.126 e. The number of nitrogens with zero attached hydrogens (tertiary/aromatic N) is 2. The van der Waals surface area contributed by atoms with Gasteiger partial charge in [-0.15, -0.1) is 0 Å². The molecule has 0 bridgehead atoms. The van der Waals surface area contributed by atoms with E-state index in [9.17, 15) is 0 Å². The highest BCUT2D eigenvalue weighted by atomic mass is 35.5. The Balaban J connectivity index is 1.67. The lowest BCUT2D eigenvalue weighted by Gasteiger charge is -2.14. The molecule has 0 unspecified atom stereocenters. The van der Waals surface area contributed by atoms with Crippen LogP contribution in [0.1, 0.15) is 13.3 Å². The van der Waals surface area contributed by atoms with Crippen molar-refractivity contribution >= 4 is 28.3 Å². The molecule has 1 aliphatic rings. The predicted molar refractivity (Wildman–Crippen MR) is 85.5 cm³/mol. The number of benzene rings is 1. The summed E-state index contributed by atoms with van der Waals surface area (Å²) >= 11 is 6.20. The summed E-state index contributed by atoms with van der Waals surface area (Å²) < 4.78 is 0. The number of anilines is 1. The van der Waals surface area contributed by atoms with E-state index in [2.05, 4.69) is 28.2 Å². The topological polar surface area (TPSA) is 28.2 Å². The van der Waals surface area contributed by atoms with Crippen LogP contribution in [-0.4, -0.2) is 36.1 Å². The van der Waals surface area contributed by atoms with Gasteiger partial charge in [0.2, 0.25) is 0 Å². The summed E-state index contributed by atoms with van der Waals surface area (Å²) in [6, 6.07) is 9.98. The zero-order valence-electron chi connectivity index (χ0n) is 11.8. The van der Waals surface area contributed by atoms with Gasteiger partial charge in [0, 0.05) is 18.5 Å². The summed E-state index contributed by atoms with van der Waals surface area (Å²) in [5, 5.41) is 5.25. The van der Waals surface area contributed by atoms with Crippen LogP contribution < -0.4 is 5.32 Å². The molecule has 1 aromatic carbocycles. The lowest BCUT2D eigenvalue weighted by atomic mass is 10.1. The molecule has 3 nitrogen and oxygen atoms in total. The monoisotopic (exact) mass is 289 g/mol. The summed E-state index contributed by atoms with van der Waals surface area (Å²) in [6.45, 7) is 6.78. The van der Waals surface area contributed by atoms with Gasteiger partial charge < -0.3 is 10.2 Å². The molecule has 0 amide bonds. The van der Waals surface area contributed by atoms with Crippen molar-refractivity contribution in [3.8, 4) is 0 Å². The predicted octanol–water partition coefficient (Wildman–Crippen LogP) is 3.64. The number of fused-ring (bicyclic) bond motifs is 1. The maximum Gasteiger partial charge on any atom is 0.126 e. The van der Waals surface area contributed by atoms with Crippen LogP contribution in [0.5, 0.6) is 0 Å². The molecule has 1 N–H and O–H groups in total. The number of likely N-dealkylation sites (tertiary alicyclic amines) is 1. The SMILES string of the molecule is CCN1CC[C@H](CNc2ccc3cccc(Cl)c3n2)C1. The highest BCUT2D eigenvalue weighted by Crippen LogP contribution is 2.23. The molecule has 1 atom stereocenters. The van der Waals surface area contributed by atoms with Gasteiger partial charge in [0.15, 0.2) is 0 Å². The van der Waals surface area contributed by atoms with Crippen molar-refractivity contribution in [1.29, 1.82) is 0 Å². The standard InChI is InChI=1S/C16H20ClN3/c1-2-20-9-8-12(11-20)10-18-15-7-6-13-4-3-5-14(17)16(13)19-15/h3-7,12H,2,8-11H2,1H3,(H,18,19)/t12-/m1/s1. The molecule has 0 spiro atoms. The Kier molecular flexibility index (Phi) is 4.08. The van der Waals surface area contributed by atoms with Crippen LogP contribution in [0.3, 0.4) is 0 Å². The van der Waals surface area contributed by atoms with Crippen LogP contribution in [0, 0.1) is 5.92 Å². The molecule has 1 fully saturated rings. The number of nitrogens with one attached hydrogen (secondary N) is 1. The molecule has 0 radical (unpaired) electrons. The minimum Gasteiger partial charge on any atom is -0.370 e. The van der Waals surface area contributed by atoms with Crippen LogP contribution in [0.2, 0.25) is 5.02 Å². The van der Waals surface area contributed by atoms with E-state index < -0.39 is 0 Å². The van der Waals surface area contributed by atoms with E-state index in [4.69, 9.17) is 11.6 Å². The zero-order valence-corrected chi connectivity index (χ0v) is 12.5. The van der Waals surface area contributed by atoms with Gasteiger partial charge in [-0.25, -0.2) is 4.98 Å². The van der Waals surface area contributed by atoms with Crippen molar-refractivity contribution in [2.45, 2.75) is 13.3 Å². The average molecular weight is 290 g/mol. The summed E-state index contributed by atoms with van der Waals surface area (Å²) in [6.07, 6.45) is 1.27. The van der Waals surface area contributed by atoms with E-state index in [0.717, 1.165) is 35.7 Å². The van der Waals surface area contributed by atoms with Crippen molar-refractivity contribution < 1.29 is 0 Å². The second-order valence-corrected chi connectivity index (χ2v) is 5.84. The number of hydrogen-bond donors (Lipinski definition) is 1. The molecule has 3 rings (SSSR count). The first kappa shape index (κ1) is 13.7. The maximum absolute atomic E-state index is 6.20. The average Bonchev–Trinajstić information content (AvgIpc) is 2.94. The highest BCUT2D eigenvalue weighted by Gasteiger charge is 2.20. The largest absolute Gasteiger partial charge is 0.370 e. The molecule has 106 valence electrons. The fraction of sp³-hybridized carbons (Fsp3) is 0.438. The Bertz CT molecular complexity index is 599. The fourth-order valence-electron chi connectivity index (χ4n) is 2.82. The fourth-order valence-corrected chi connectivity index (χ4v) is 3.05. The van der Waals surface area contributed by atoms with Gasteiger partial charge in [-0.05, 0) is 43.6 Å². The third-order valence-corrected chi connectivity index (χ3v) is 4.37. The van der Waals surface area contributed by atoms with Gasteiger partial charge in [0.05, 0.1) is 10.5 Å². The van der Waals surface area contributed by atoms with E-state index in [1.54, 1.807) is 0 Å². The van der Waals surface area contributed by atoms with Gasteiger partial charge in [0.25, 0.3) is 0 Å². The van der Waals surface area contributed by atoms with E-state index >= 15 is 0 Å². The quantitative estimate of drug-likeness (QED) is 0.931. The van der Waals surface area contributed by atoms with Gasteiger partial charge in [-0.3, -0.25) is 0 Å². The second-order valence-electron chi connectivity index (χ2n) is 5.44. The molecule has 0 aliphatic carbocycles. The molecular weight excluding hydrogens is 270 g/mol. The molecule has 1 aromatic heterocycles. The van der Waals surface area contributed by atoms with Crippen molar-refractivity contribution in [3.05, 3.63) is 35.4 Å². The minimum absolute atomic E-state index is 0.712. The number of aromatic nitrogens is 1. The van der Waals surface area contributed by atoms with E-state index in [1.807, 2.05) is 24.3 Å². The first-order chi connectivity index (χ1) is 9.76. The Hall–Kier alpha value is -1.32. The van der Waals surface area contributed by atoms with E-state index in [-0.39, 0.29) is 0 Å². The molecule has 1 saturated heterocycles.